The normalized spacial score (nSPS) is 17.0. The highest BCUT2D eigenvalue weighted by molar-refractivity contribution is 6.22. The zero-order valence-electron chi connectivity index (χ0n) is 16.2. The van der Waals surface area contributed by atoms with Crippen molar-refractivity contribution in [3.8, 4) is 0 Å². The molecule has 150 valence electrons. The first-order valence-electron chi connectivity index (χ1n) is 9.84. The summed E-state index contributed by atoms with van der Waals surface area (Å²) in [6, 6.07) is 6.62. The Morgan fingerprint density at radius 2 is 1.68 bits per heavy atom. The monoisotopic (exact) mass is 387 g/mol. The van der Waals surface area contributed by atoms with Crippen LogP contribution in [-0.2, 0) is 9.59 Å². The smallest absolute Gasteiger partial charge is 0.275 e. The predicted octanol–water partition coefficient (Wildman–Crippen LogP) is -1.07. The van der Waals surface area contributed by atoms with E-state index in [2.05, 4.69) is 12.2 Å². The summed E-state index contributed by atoms with van der Waals surface area (Å²) < 4.78 is 0. The van der Waals surface area contributed by atoms with Crippen molar-refractivity contribution in [2.24, 2.45) is 0 Å². The van der Waals surface area contributed by atoms with E-state index < -0.39 is 11.8 Å². The van der Waals surface area contributed by atoms with Gasteiger partial charge in [0.2, 0.25) is 5.91 Å². The molecule has 8 nitrogen and oxygen atoms in total. The molecule has 0 atom stereocenters. The molecule has 2 aliphatic heterocycles. The lowest BCUT2D eigenvalue weighted by molar-refractivity contribution is -0.896. The lowest BCUT2D eigenvalue weighted by Crippen LogP contribution is -3.15. The molecule has 1 aromatic carbocycles. The molecule has 0 saturated carbocycles. The van der Waals surface area contributed by atoms with Gasteiger partial charge < -0.3 is 15.1 Å². The molecule has 1 fully saturated rings. The molecule has 0 spiro atoms. The third-order valence-electron chi connectivity index (χ3n) is 5.26. The van der Waals surface area contributed by atoms with Crippen molar-refractivity contribution < 1.29 is 24.1 Å². The van der Waals surface area contributed by atoms with E-state index in [0.717, 1.165) is 22.6 Å². The number of hydrogen-bond donors (Lipinski definition) is 2. The number of hydrogen-bond acceptors (Lipinski definition) is 4. The number of quaternary nitrogens is 1. The van der Waals surface area contributed by atoms with Crippen LogP contribution in [0.5, 0.6) is 0 Å². The van der Waals surface area contributed by atoms with E-state index in [1.165, 1.54) is 0 Å². The lowest BCUT2D eigenvalue weighted by atomic mass is 10.1. The van der Waals surface area contributed by atoms with Crippen LogP contribution in [0.2, 0.25) is 0 Å². The Bertz CT molecular complexity index is 736. The number of piperazine rings is 1. The number of imide groups is 1. The lowest BCUT2D eigenvalue weighted by Gasteiger charge is -2.32. The third kappa shape index (κ3) is 4.39. The second kappa shape index (κ2) is 8.97. The SMILES string of the molecule is CCCCNC(=O)C[NH+]1CCN(C(=O)CN2C(=O)c3ccccc3C2=O)CC1. The maximum absolute atomic E-state index is 12.6. The largest absolute Gasteiger partial charge is 0.351 e. The van der Waals surface area contributed by atoms with Gasteiger partial charge in [-0.05, 0) is 18.6 Å². The number of benzene rings is 1. The second-order valence-corrected chi connectivity index (χ2v) is 7.25. The number of carbonyl (C=O) groups is 4. The molecule has 1 saturated heterocycles. The molecule has 2 heterocycles. The van der Waals surface area contributed by atoms with Gasteiger partial charge in [-0.1, -0.05) is 25.5 Å². The first-order valence-corrected chi connectivity index (χ1v) is 9.84. The topological polar surface area (TPSA) is 91.2 Å². The standard InChI is InChI=1S/C20H26N4O4/c1-2-3-8-21-17(25)13-22-9-11-23(12-10-22)18(26)14-24-19(27)15-6-4-5-7-16(15)20(24)28/h4-7H,2-3,8-14H2,1H3,(H,21,25)/p+1. The maximum atomic E-state index is 12.6. The summed E-state index contributed by atoms with van der Waals surface area (Å²) in [6.07, 6.45) is 2.02. The van der Waals surface area contributed by atoms with Crippen LogP contribution in [0.15, 0.2) is 24.3 Å². The third-order valence-corrected chi connectivity index (χ3v) is 5.26. The number of unbranched alkanes of at least 4 members (excludes halogenated alkanes) is 1. The Hall–Kier alpha value is -2.74. The summed E-state index contributed by atoms with van der Waals surface area (Å²) in [5, 5.41) is 2.91. The quantitative estimate of drug-likeness (QED) is 0.460. The molecule has 1 aromatic rings. The van der Waals surface area contributed by atoms with Crippen LogP contribution in [0.25, 0.3) is 0 Å². The summed E-state index contributed by atoms with van der Waals surface area (Å²) in [7, 11) is 0. The van der Waals surface area contributed by atoms with Crippen LogP contribution >= 0.6 is 0 Å². The molecule has 0 bridgehead atoms. The van der Waals surface area contributed by atoms with E-state index in [9.17, 15) is 19.2 Å². The molecular weight excluding hydrogens is 360 g/mol. The van der Waals surface area contributed by atoms with Crippen molar-refractivity contribution in [1.29, 1.82) is 0 Å². The van der Waals surface area contributed by atoms with Crippen LogP contribution in [-0.4, -0.2) is 79.2 Å². The minimum atomic E-state index is -0.415. The summed E-state index contributed by atoms with van der Waals surface area (Å²) >= 11 is 0. The molecule has 2 N–H and O–H groups in total. The minimum absolute atomic E-state index is 0.0363. The van der Waals surface area contributed by atoms with E-state index in [0.29, 0.717) is 50.4 Å². The van der Waals surface area contributed by atoms with E-state index >= 15 is 0 Å². The van der Waals surface area contributed by atoms with Gasteiger partial charge in [0.05, 0.1) is 37.3 Å². The van der Waals surface area contributed by atoms with Crippen LogP contribution in [0.1, 0.15) is 40.5 Å². The van der Waals surface area contributed by atoms with Crippen molar-refractivity contribution in [3.05, 3.63) is 35.4 Å². The van der Waals surface area contributed by atoms with Gasteiger partial charge in [-0.15, -0.1) is 0 Å². The molecule has 4 amide bonds. The maximum Gasteiger partial charge on any atom is 0.275 e. The Morgan fingerprint density at radius 3 is 2.25 bits per heavy atom. The van der Waals surface area contributed by atoms with E-state index in [1.54, 1.807) is 29.2 Å². The fourth-order valence-electron chi connectivity index (χ4n) is 3.56. The molecule has 8 heteroatoms. The van der Waals surface area contributed by atoms with Gasteiger partial charge >= 0.3 is 0 Å². The first-order chi connectivity index (χ1) is 13.5. The first kappa shape index (κ1) is 20.0. The van der Waals surface area contributed by atoms with Gasteiger partial charge in [-0.25, -0.2) is 0 Å². The fraction of sp³-hybridized carbons (Fsp3) is 0.500. The Kier molecular flexibility index (Phi) is 6.41. The van der Waals surface area contributed by atoms with Crippen molar-refractivity contribution >= 4 is 23.6 Å². The highest BCUT2D eigenvalue weighted by Crippen LogP contribution is 2.22. The molecule has 0 aromatic heterocycles. The summed E-state index contributed by atoms with van der Waals surface area (Å²) in [5.74, 6) is -1.03. The molecule has 0 unspecified atom stereocenters. The number of fused-ring (bicyclic) bond motifs is 1. The second-order valence-electron chi connectivity index (χ2n) is 7.25. The minimum Gasteiger partial charge on any atom is -0.351 e. The zero-order valence-corrected chi connectivity index (χ0v) is 16.2. The van der Waals surface area contributed by atoms with Crippen molar-refractivity contribution in [2.45, 2.75) is 19.8 Å². The Balaban J connectivity index is 1.47. The van der Waals surface area contributed by atoms with Crippen molar-refractivity contribution in [1.82, 2.24) is 15.1 Å². The molecular formula is C20H27N4O4+. The summed E-state index contributed by atoms with van der Waals surface area (Å²) in [5.41, 5.74) is 0.701. The molecule has 0 radical (unpaired) electrons. The van der Waals surface area contributed by atoms with Gasteiger partial charge in [-0.2, -0.15) is 0 Å². The molecule has 2 aliphatic rings. The van der Waals surface area contributed by atoms with Crippen LogP contribution in [0, 0.1) is 0 Å². The Labute approximate surface area is 164 Å². The van der Waals surface area contributed by atoms with E-state index in [1.807, 2.05) is 0 Å². The number of amides is 4. The summed E-state index contributed by atoms with van der Waals surface area (Å²) in [6.45, 7) is 5.33. The molecule has 3 rings (SSSR count). The van der Waals surface area contributed by atoms with Crippen molar-refractivity contribution in [3.63, 3.8) is 0 Å². The van der Waals surface area contributed by atoms with Gasteiger partial charge in [-0.3, -0.25) is 24.1 Å². The summed E-state index contributed by atoms with van der Waals surface area (Å²) in [4.78, 5) is 53.1. The van der Waals surface area contributed by atoms with Gasteiger partial charge in [0, 0.05) is 6.54 Å². The van der Waals surface area contributed by atoms with Gasteiger partial charge in [0.1, 0.15) is 6.54 Å². The van der Waals surface area contributed by atoms with Gasteiger partial charge in [0.15, 0.2) is 6.54 Å². The van der Waals surface area contributed by atoms with Gasteiger partial charge in [0.25, 0.3) is 17.7 Å². The molecule has 28 heavy (non-hydrogen) atoms. The predicted molar refractivity (Wildman–Crippen MR) is 102 cm³/mol. The number of nitrogens with zero attached hydrogens (tertiary/aromatic N) is 2. The molecule has 0 aliphatic carbocycles. The average molecular weight is 387 g/mol. The highest BCUT2D eigenvalue weighted by atomic mass is 16.2. The fourth-order valence-corrected chi connectivity index (χ4v) is 3.56. The van der Waals surface area contributed by atoms with E-state index in [4.69, 9.17) is 0 Å². The van der Waals surface area contributed by atoms with Crippen LogP contribution in [0.3, 0.4) is 0 Å². The number of nitrogens with one attached hydrogen (secondary N) is 2. The number of carbonyl (C=O) groups excluding carboxylic acids is 4. The Morgan fingerprint density at radius 1 is 1.07 bits per heavy atom. The number of rotatable bonds is 7. The van der Waals surface area contributed by atoms with Crippen LogP contribution < -0.4 is 10.2 Å². The average Bonchev–Trinajstić information content (AvgIpc) is 2.94. The zero-order chi connectivity index (χ0) is 20.1. The van der Waals surface area contributed by atoms with Crippen LogP contribution in [0.4, 0.5) is 0 Å². The highest BCUT2D eigenvalue weighted by Gasteiger charge is 2.37. The van der Waals surface area contributed by atoms with Crippen molar-refractivity contribution in [2.75, 3.05) is 45.8 Å². The van der Waals surface area contributed by atoms with E-state index in [-0.39, 0.29) is 18.4 Å².